The molecule has 0 radical (unpaired) electrons. The number of imide groups is 1. The highest BCUT2D eigenvalue weighted by Gasteiger charge is 2.52. The van der Waals surface area contributed by atoms with E-state index in [4.69, 9.17) is 14.2 Å². The van der Waals surface area contributed by atoms with Gasteiger partial charge >= 0.3 is 12.1 Å². The predicted molar refractivity (Wildman–Crippen MR) is 99.8 cm³/mol. The number of hydrogen-bond acceptors (Lipinski definition) is 6. The van der Waals surface area contributed by atoms with E-state index in [9.17, 15) is 14.4 Å². The highest BCUT2D eigenvalue weighted by Crippen LogP contribution is 2.30. The highest BCUT2D eigenvalue weighted by atomic mass is 16.6. The van der Waals surface area contributed by atoms with Crippen LogP contribution >= 0.6 is 0 Å². The van der Waals surface area contributed by atoms with Crippen LogP contribution < -0.4 is 5.32 Å². The number of urea groups is 1. The molecular formula is C19H31N3O6. The summed E-state index contributed by atoms with van der Waals surface area (Å²) in [7, 11) is 0. The lowest BCUT2D eigenvalue weighted by Gasteiger charge is -2.37. The summed E-state index contributed by atoms with van der Waals surface area (Å²) < 4.78 is 16.3. The molecule has 9 nitrogen and oxygen atoms in total. The molecule has 3 rings (SSSR count). The Kier molecular flexibility index (Phi) is 6.14. The molecule has 1 spiro atoms. The Bertz CT molecular complexity index is 603. The van der Waals surface area contributed by atoms with Crippen molar-refractivity contribution in [3.8, 4) is 0 Å². The van der Waals surface area contributed by atoms with Crippen LogP contribution in [0.15, 0.2) is 0 Å². The zero-order chi connectivity index (χ0) is 20.4. The van der Waals surface area contributed by atoms with E-state index >= 15 is 0 Å². The fourth-order valence-electron chi connectivity index (χ4n) is 3.73. The molecule has 3 heterocycles. The molecule has 0 aromatic rings. The Morgan fingerprint density at radius 2 is 2.00 bits per heavy atom. The third kappa shape index (κ3) is 4.75. The van der Waals surface area contributed by atoms with Crippen molar-refractivity contribution in [2.45, 2.75) is 63.7 Å². The fraction of sp³-hybridized carbons (Fsp3) is 0.842. The van der Waals surface area contributed by atoms with E-state index in [1.54, 1.807) is 4.90 Å². The molecule has 28 heavy (non-hydrogen) atoms. The van der Waals surface area contributed by atoms with Gasteiger partial charge in [-0.25, -0.2) is 9.59 Å². The first-order chi connectivity index (χ1) is 13.2. The number of carbonyl (C=O) groups excluding carboxylic acids is 3. The van der Waals surface area contributed by atoms with Crippen LogP contribution in [-0.4, -0.2) is 84.5 Å². The van der Waals surface area contributed by atoms with Gasteiger partial charge in [-0.1, -0.05) is 0 Å². The van der Waals surface area contributed by atoms with Crippen molar-refractivity contribution in [3.05, 3.63) is 0 Å². The third-order valence-electron chi connectivity index (χ3n) is 5.28. The number of nitrogens with one attached hydrogen (secondary N) is 1. The summed E-state index contributed by atoms with van der Waals surface area (Å²) in [6.45, 7) is 8.36. The molecular weight excluding hydrogens is 366 g/mol. The van der Waals surface area contributed by atoms with Crippen molar-refractivity contribution in [2.24, 2.45) is 0 Å². The van der Waals surface area contributed by atoms with Gasteiger partial charge in [0, 0.05) is 32.8 Å². The first kappa shape index (κ1) is 20.9. The molecule has 1 atom stereocenters. The molecule has 1 unspecified atom stereocenters. The van der Waals surface area contributed by atoms with Gasteiger partial charge in [-0.05, 0) is 46.5 Å². The lowest BCUT2D eigenvalue weighted by Crippen LogP contribution is -2.56. The average molecular weight is 397 g/mol. The standard InChI is InChI=1S/C19H31N3O6/c1-18(2,3)28-17(25)21-9-6-19(7-10-21)15(23)22(16(24)20-19)8-4-11-27-14-5-12-26-13-14/h14H,4-13H2,1-3H3,(H,20,24). The van der Waals surface area contributed by atoms with Crippen LogP contribution in [0.5, 0.6) is 0 Å². The monoisotopic (exact) mass is 397 g/mol. The fourth-order valence-corrected chi connectivity index (χ4v) is 3.73. The van der Waals surface area contributed by atoms with Gasteiger partial charge in [-0.15, -0.1) is 0 Å². The summed E-state index contributed by atoms with van der Waals surface area (Å²) in [5, 5.41) is 2.86. The van der Waals surface area contributed by atoms with Gasteiger partial charge in [-0.3, -0.25) is 9.69 Å². The second-order valence-electron chi connectivity index (χ2n) is 8.65. The highest BCUT2D eigenvalue weighted by molar-refractivity contribution is 6.07. The molecule has 3 aliphatic heterocycles. The Morgan fingerprint density at radius 1 is 1.29 bits per heavy atom. The first-order valence-electron chi connectivity index (χ1n) is 10.0. The Labute approximate surface area is 165 Å². The number of likely N-dealkylation sites (tertiary alicyclic amines) is 1. The van der Waals surface area contributed by atoms with E-state index in [1.807, 2.05) is 20.8 Å². The van der Waals surface area contributed by atoms with E-state index in [0.717, 1.165) is 13.0 Å². The SMILES string of the molecule is CC(C)(C)OC(=O)N1CCC2(CC1)NC(=O)N(CCCOC1CCOC1)C2=O. The zero-order valence-electron chi connectivity index (χ0n) is 17.0. The van der Waals surface area contributed by atoms with Gasteiger partial charge in [0.25, 0.3) is 5.91 Å². The number of piperidine rings is 1. The van der Waals surface area contributed by atoms with Crippen molar-refractivity contribution < 1.29 is 28.6 Å². The minimum Gasteiger partial charge on any atom is -0.444 e. The normalized spacial score (nSPS) is 24.8. The van der Waals surface area contributed by atoms with Gasteiger partial charge in [0.1, 0.15) is 11.1 Å². The van der Waals surface area contributed by atoms with E-state index in [-0.39, 0.29) is 24.1 Å². The van der Waals surface area contributed by atoms with Gasteiger partial charge in [-0.2, -0.15) is 0 Å². The molecule has 0 aromatic heterocycles. The average Bonchev–Trinajstić information content (AvgIpc) is 3.20. The minimum atomic E-state index is -0.907. The van der Waals surface area contributed by atoms with Gasteiger partial charge in [0.15, 0.2) is 0 Å². The molecule has 0 bridgehead atoms. The van der Waals surface area contributed by atoms with Crippen LogP contribution in [0.25, 0.3) is 0 Å². The minimum absolute atomic E-state index is 0.117. The second kappa shape index (κ2) is 8.24. The summed E-state index contributed by atoms with van der Waals surface area (Å²) in [5.41, 5.74) is -1.47. The maximum absolute atomic E-state index is 12.9. The molecule has 4 amide bonds. The Balaban J connectivity index is 1.47. The van der Waals surface area contributed by atoms with Gasteiger partial charge in [0.2, 0.25) is 0 Å². The molecule has 0 aromatic carbocycles. The molecule has 1 N–H and O–H groups in total. The summed E-state index contributed by atoms with van der Waals surface area (Å²) in [6, 6.07) is -0.361. The molecule has 0 saturated carbocycles. The molecule has 158 valence electrons. The zero-order valence-corrected chi connectivity index (χ0v) is 17.0. The quantitative estimate of drug-likeness (QED) is 0.558. The number of rotatable bonds is 5. The number of carbonyl (C=O) groups is 3. The maximum Gasteiger partial charge on any atom is 0.410 e. The van der Waals surface area contributed by atoms with Crippen LogP contribution in [0.1, 0.15) is 46.5 Å². The smallest absolute Gasteiger partial charge is 0.410 e. The largest absolute Gasteiger partial charge is 0.444 e. The number of amides is 4. The Morgan fingerprint density at radius 3 is 2.61 bits per heavy atom. The van der Waals surface area contributed by atoms with Gasteiger partial charge in [0.05, 0.1) is 12.7 Å². The molecule has 0 aliphatic carbocycles. The summed E-state index contributed by atoms with van der Waals surface area (Å²) in [6.07, 6.45) is 2.00. The predicted octanol–water partition coefficient (Wildman–Crippen LogP) is 1.50. The van der Waals surface area contributed by atoms with E-state index in [0.29, 0.717) is 52.1 Å². The van der Waals surface area contributed by atoms with Crippen LogP contribution in [0.3, 0.4) is 0 Å². The summed E-state index contributed by atoms with van der Waals surface area (Å²) in [5.74, 6) is -0.203. The molecule has 9 heteroatoms. The van der Waals surface area contributed by atoms with E-state index in [2.05, 4.69) is 5.32 Å². The van der Waals surface area contributed by atoms with Crippen molar-refractivity contribution in [1.82, 2.24) is 15.1 Å². The molecule has 3 saturated heterocycles. The number of nitrogens with zero attached hydrogens (tertiary/aromatic N) is 2. The third-order valence-corrected chi connectivity index (χ3v) is 5.28. The van der Waals surface area contributed by atoms with Crippen molar-refractivity contribution in [2.75, 3.05) is 39.5 Å². The lowest BCUT2D eigenvalue weighted by molar-refractivity contribution is -0.133. The van der Waals surface area contributed by atoms with Gasteiger partial charge < -0.3 is 24.4 Å². The van der Waals surface area contributed by atoms with E-state index in [1.165, 1.54) is 4.90 Å². The number of hydrogen-bond donors (Lipinski definition) is 1. The Hall–Kier alpha value is -1.87. The maximum atomic E-state index is 12.9. The van der Waals surface area contributed by atoms with Crippen molar-refractivity contribution >= 4 is 18.0 Å². The van der Waals surface area contributed by atoms with Crippen LogP contribution in [0.2, 0.25) is 0 Å². The summed E-state index contributed by atoms with van der Waals surface area (Å²) in [4.78, 5) is 40.3. The molecule has 3 fully saturated rings. The van der Waals surface area contributed by atoms with Crippen molar-refractivity contribution in [1.29, 1.82) is 0 Å². The van der Waals surface area contributed by atoms with Crippen LogP contribution in [0, 0.1) is 0 Å². The number of ether oxygens (including phenoxy) is 3. The topological polar surface area (TPSA) is 97.4 Å². The lowest BCUT2D eigenvalue weighted by atomic mass is 9.87. The van der Waals surface area contributed by atoms with E-state index < -0.39 is 11.1 Å². The first-order valence-corrected chi connectivity index (χ1v) is 10.0. The van der Waals surface area contributed by atoms with Crippen LogP contribution in [0.4, 0.5) is 9.59 Å². The molecule has 3 aliphatic rings. The van der Waals surface area contributed by atoms with Crippen LogP contribution in [-0.2, 0) is 19.0 Å². The summed E-state index contributed by atoms with van der Waals surface area (Å²) >= 11 is 0. The van der Waals surface area contributed by atoms with Crippen molar-refractivity contribution in [3.63, 3.8) is 0 Å². The second-order valence-corrected chi connectivity index (χ2v) is 8.65.